The number of hydrogen-bond acceptors (Lipinski definition) is 6. The van der Waals surface area contributed by atoms with Crippen LogP contribution in [0.5, 0.6) is 11.5 Å². The predicted molar refractivity (Wildman–Crippen MR) is 165 cm³/mol. The molecule has 1 atom stereocenters. The number of nitrogens with zero attached hydrogens (tertiary/aromatic N) is 1. The quantitative estimate of drug-likeness (QED) is 0.155. The van der Waals surface area contributed by atoms with Crippen molar-refractivity contribution < 1.29 is 24.2 Å². The molecule has 0 saturated carbocycles. The molecular weight excluding hydrogens is 554 g/mol. The second-order valence-corrected chi connectivity index (χ2v) is 11.0. The Morgan fingerprint density at radius 3 is 1.90 bits per heavy atom. The summed E-state index contributed by atoms with van der Waals surface area (Å²) in [6, 6.07) is 33.2. The van der Waals surface area contributed by atoms with Gasteiger partial charge in [-0.2, -0.15) is 0 Å². The van der Waals surface area contributed by atoms with Crippen LogP contribution in [0.15, 0.2) is 114 Å². The van der Waals surface area contributed by atoms with Crippen LogP contribution < -0.4 is 9.47 Å². The van der Waals surface area contributed by atoms with Crippen LogP contribution in [0.25, 0.3) is 6.08 Å². The third-order valence-corrected chi connectivity index (χ3v) is 7.76. The number of amides is 1. The first-order valence-electron chi connectivity index (χ1n) is 13.0. The van der Waals surface area contributed by atoms with Gasteiger partial charge in [-0.25, -0.2) is 4.79 Å². The third-order valence-electron chi connectivity index (χ3n) is 6.43. The molecular formula is C33H27NO5S2. The van der Waals surface area contributed by atoms with Gasteiger partial charge in [-0.3, -0.25) is 9.69 Å². The van der Waals surface area contributed by atoms with E-state index in [0.717, 1.165) is 28.5 Å². The van der Waals surface area contributed by atoms with Crippen molar-refractivity contribution in [2.45, 2.75) is 25.7 Å². The Balaban J connectivity index is 1.38. The number of carboxylic acid groups (broad SMARTS) is 1. The highest BCUT2D eigenvalue weighted by Crippen LogP contribution is 2.37. The zero-order valence-electron chi connectivity index (χ0n) is 22.0. The first-order chi connectivity index (χ1) is 20.0. The van der Waals surface area contributed by atoms with E-state index >= 15 is 0 Å². The van der Waals surface area contributed by atoms with E-state index in [1.807, 2.05) is 109 Å². The van der Waals surface area contributed by atoms with Crippen molar-refractivity contribution in [2.75, 3.05) is 0 Å². The maximum atomic E-state index is 13.4. The van der Waals surface area contributed by atoms with Gasteiger partial charge in [-0.1, -0.05) is 121 Å². The van der Waals surface area contributed by atoms with E-state index in [4.69, 9.17) is 21.7 Å². The van der Waals surface area contributed by atoms with Gasteiger partial charge in [0.2, 0.25) is 0 Å². The summed E-state index contributed by atoms with van der Waals surface area (Å²) >= 11 is 6.56. The maximum Gasteiger partial charge on any atom is 0.327 e. The fraction of sp³-hybridized carbons (Fsp3) is 0.121. The molecule has 41 heavy (non-hydrogen) atoms. The van der Waals surface area contributed by atoms with Crippen LogP contribution in [0.4, 0.5) is 0 Å². The summed E-state index contributed by atoms with van der Waals surface area (Å²) in [6.45, 7) is 0.715. The lowest BCUT2D eigenvalue weighted by atomic mass is 10.0. The van der Waals surface area contributed by atoms with Crippen LogP contribution in [0.3, 0.4) is 0 Å². The summed E-state index contributed by atoms with van der Waals surface area (Å²) in [7, 11) is 0. The molecule has 5 rings (SSSR count). The lowest BCUT2D eigenvalue weighted by Gasteiger charge is -2.23. The molecule has 0 aromatic heterocycles. The van der Waals surface area contributed by atoms with E-state index in [1.165, 1.54) is 4.90 Å². The Morgan fingerprint density at radius 1 is 0.805 bits per heavy atom. The van der Waals surface area contributed by atoms with Crippen molar-refractivity contribution in [3.63, 3.8) is 0 Å². The number of carboxylic acids is 1. The molecule has 1 heterocycles. The summed E-state index contributed by atoms with van der Waals surface area (Å²) in [5.74, 6) is -0.438. The first kappa shape index (κ1) is 28.1. The van der Waals surface area contributed by atoms with Gasteiger partial charge in [-0.05, 0) is 40.5 Å². The highest BCUT2D eigenvalue weighted by molar-refractivity contribution is 8.26. The van der Waals surface area contributed by atoms with Gasteiger partial charge in [0.05, 0.1) is 4.91 Å². The second-order valence-electron chi connectivity index (χ2n) is 9.35. The number of benzene rings is 4. The van der Waals surface area contributed by atoms with Gasteiger partial charge in [0.25, 0.3) is 5.91 Å². The third kappa shape index (κ3) is 7.22. The Labute approximate surface area is 248 Å². The largest absolute Gasteiger partial charge is 0.485 e. The fourth-order valence-corrected chi connectivity index (χ4v) is 5.70. The molecule has 1 N–H and O–H groups in total. The minimum absolute atomic E-state index is 0.154. The molecule has 1 unspecified atom stereocenters. The molecule has 206 valence electrons. The molecule has 0 spiro atoms. The van der Waals surface area contributed by atoms with E-state index in [0.29, 0.717) is 35.2 Å². The average molecular weight is 582 g/mol. The molecule has 1 amide bonds. The number of thioether (sulfide) groups is 1. The minimum atomic E-state index is -1.11. The number of rotatable bonds is 11. The molecule has 1 saturated heterocycles. The number of ether oxygens (including phenoxy) is 2. The van der Waals surface area contributed by atoms with Gasteiger partial charge in [0.15, 0.2) is 11.5 Å². The molecule has 1 aliphatic rings. The van der Waals surface area contributed by atoms with Crippen molar-refractivity contribution in [3.05, 3.63) is 136 Å². The molecule has 4 aromatic carbocycles. The Hall–Kier alpha value is -4.40. The van der Waals surface area contributed by atoms with E-state index in [-0.39, 0.29) is 10.7 Å². The summed E-state index contributed by atoms with van der Waals surface area (Å²) in [6.07, 6.45) is 1.86. The van der Waals surface area contributed by atoms with Gasteiger partial charge in [-0.15, -0.1) is 0 Å². The molecule has 6 nitrogen and oxygen atoms in total. The van der Waals surface area contributed by atoms with Crippen LogP contribution >= 0.6 is 24.0 Å². The first-order valence-corrected chi connectivity index (χ1v) is 14.2. The van der Waals surface area contributed by atoms with Crippen LogP contribution in [-0.4, -0.2) is 32.2 Å². The van der Waals surface area contributed by atoms with Crippen LogP contribution in [-0.2, 0) is 29.2 Å². The maximum absolute atomic E-state index is 13.4. The normalized spacial score (nSPS) is 14.7. The van der Waals surface area contributed by atoms with E-state index < -0.39 is 17.9 Å². The molecule has 1 aliphatic heterocycles. The van der Waals surface area contributed by atoms with Gasteiger partial charge in [0.1, 0.15) is 23.6 Å². The van der Waals surface area contributed by atoms with Crippen LogP contribution in [0, 0.1) is 0 Å². The van der Waals surface area contributed by atoms with Crippen LogP contribution in [0.1, 0.15) is 22.3 Å². The summed E-state index contributed by atoms with van der Waals surface area (Å²) in [4.78, 5) is 27.1. The SMILES string of the molecule is O=C(O)C(Cc1ccccc1)N1C(=O)/C(=C/c2ccc(OCc3ccccc3)c(OCc3ccccc3)c2)SC1=S. The fourth-order valence-electron chi connectivity index (χ4n) is 4.34. The topological polar surface area (TPSA) is 76.1 Å². The number of aliphatic carboxylic acids is 1. The Morgan fingerprint density at radius 2 is 1.34 bits per heavy atom. The average Bonchev–Trinajstić information content (AvgIpc) is 3.27. The van der Waals surface area contributed by atoms with Crippen molar-refractivity contribution >= 4 is 46.3 Å². The molecule has 1 fully saturated rings. The molecule has 0 radical (unpaired) electrons. The highest BCUT2D eigenvalue weighted by atomic mass is 32.2. The van der Waals surface area contributed by atoms with E-state index in [1.54, 1.807) is 6.08 Å². The van der Waals surface area contributed by atoms with Gasteiger partial charge >= 0.3 is 5.97 Å². The second kappa shape index (κ2) is 13.3. The monoisotopic (exact) mass is 581 g/mol. The molecule has 4 aromatic rings. The molecule has 8 heteroatoms. The number of hydrogen-bond donors (Lipinski definition) is 1. The Bertz CT molecular complexity index is 1560. The minimum Gasteiger partial charge on any atom is -0.485 e. The van der Waals surface area contributed by atoms with Crippen molar-refractivity contribution in [2.24, 2.45) is 0 Å². The number of thiocarbonyl (C=S) groups is 1. The number of carbonyl (C=O) groups is 2. The van der Waals surface area contributed by atoms with Crippen molar-refractivity contribution in [1.29, 1.82) is 0 Å². The standard InChI is InChI=1S/C33H27NO5S2/c35-31-30(41-33(40)34(31)27(32(36)37)18-23-10-4-1-5-11-23)20-26-16-17-28(38-21-24-12-6-2-7-13-24)29(19-26)39-22-25-14-8-3-9-15-25/h1-17,19-20,27H,18,21-22H2,(H,36,37)/b30-20-. The van der Waals surface area contributed by atoms with E-state index in [2.05, 4.69) is 0 Å². The van der Waals surface area contributed by atoms with Gasteiger partial charge < -0.3 is 14.6 Å². The lowest BCUT2D eigenvalue weighted by Crippen LogP contribution is -2.45. The van der Waals surface area contributed by atoms with E-state index in [9.17, 15) is 14.7 Å². The summed E-state index contributed by atoms with van der Waals surface area (Å²) in [5, 5.41) is 9.95. The molecule has 0 aliphatic carbocycles. The summed E-state index contributed by atoms with van der Waals surface area (Å²) in [5.41, 5.74) is 3.54. The Kier molecular flexibility index (Phi) is 9.13. The van der Waals surface area contributed by atoms with Crippen LogP contribution in [0.2, 0.25) is 0 Å². The van der Waals surface area contributed by atoms with Crippen molar-refractivity contribution in [3.8, 4) is 11.5 Å². The lowest BCUT2D eigenvalue weighted by molar-refractivity contribution is -0.145. The number of carbonyl (C=O) groups excluding carboxylic acids is 1. The predicted octanol–water partition coefficient (Wildman–Crippen LogP) is 6.74. The van der Waals surface area contributed by atoms with Crippen molar-refractivity contribution in [1.82, 2.24) is 4.90 Å². The smallest absolute Gasteiger partial charge is 0.327 e. The molecule has 0 bridgehead atoms. The zero-order chi connectivity index (χ0) is 28.6. The van der Waals surface area contributed by atoms with Gasteiger partial charge in [0, 0.05) is 6.42 Å². The highest BCUT2D eigenvalue weighted by Gasteiger charge is 2.40. The summed E-state index contributed by atoms with van der Waals surface area (Å²) < 4.78 is 12.5. The zero-order valence-corrected chi connectivity index (χ0v) is 23.6.